The van der Waals surface area contributed by atoms with Crippen LogP contribution in [0.2, 0.25) is 0 Å². The normalized spacial score (nSPS) is 10.2. The summed E-state index contributed by atoms with van der Waals surface area (Å²) in [6.45, 7) is 3.21. The van der Waals surface area contributed by atoms with Crippen LogP contribution >= 0.6 is 25.2 Å². The Bertz CT molecular complexity index is 879. The number of H-pyrrole nitrogens is 2. The summed E-state index contributed by atoms with van der Waals surface area (Å²) in [6.07, 6.45) is 2.02. The molecule has 1 aromatic carbocycles. The minimum atomic E-state index is -3.13. The summed E-state index contributed by atoms with van der Waals surface area (Å²) >= 11 is 0. The van der Waals surface area contributed by atoms with Gasteiger partial charge in [-0.3, -0.25) is 24.3 Å². The molecule has 11 nitrogen and oxygen atoms in total. The number of nitrogens with zero attached hydrogens (tertiary/aromatic N) is 1. The lowest BCUT2D eigenvalue weighted by Gasteiger charge is -2.07. The van der Waals surface area contributed by atoms with Crippen molar-refractivity contribution in [3.05, 3.63) is 48.5 Å². The van der Waals surface area contributed by atoms with Gasteiger partial charge in [0.25, 0.3) is 5.69 Å². The van der Waals surface area contributed by atoms with Gasteiger partial charge in [-0.05, 0) is 18.5 Å². The van der Waals surface area contributed by atoms with Crippen LogP contribution in [-0.4, -0.2) is 31.2 Å². The summed E-state index contributed by atoms with van der Waals surface area (Å²) in [5.41, 5.74) is -0.490. The Morgan fingerprint density at radius 1 is 1.23 bits per heavy atom. The Balaban J connectivity index is 0.00000113. The van der Waals surface area contributed by atoms with Crippen molar-refractivity contribution in [3.8, 4) is 0 Å². The van der Waals surface area contributed by atoms with Crippen LogP contribution in [0.4, 0.5) is 5.69 Å². The Labute approximate surface area is 158 Å². The topological polar surface area (TPSA) is 178 Å². The standard InChI is InChI=1S/C13H16N4O4.BrH.H3O3P/c1-2-3-4-14-7-8-5-9(17(20)21)6-10-11(8)16-13(19)12(18)15-10;;1-4(2)3/h5-6,14H,2-4,7H2,1H3,(H,15,18)(H,16,19);1H;4H,(H2,1,2,3). The molecule has 26 heavy (non-hydrogen) atoms. The molecule has 0 unspecified atom stereocenters. The lowest BCUT2D eigenvalue weighted by molar-refractivity contribution is -0.384. The van der Waals surface area contributed by atoms with Crippen LogP contribution in [0.25, 0.3) is 11.0 Å². The lowest BCUT2D eigenvalue weighted by atomic mass is 10.1. The first-order valence-corrected chi connectivity index (χ1v) is 8.62. The number of nitro benzene ring substituents is 1. The average Bonchev–Trinajstić information content (AvgIpc) is 2.52. The first kappa shape index (κ1) is 24.1. The average molecular weight is 455 g/mol. The highest BCUT2D eigenvalue weighted by Crippen LogP contribution is 2.21. The highest BCUT2D eigenvalue weighted by atomic mass is 79.9. The molecular weight excluding hydrogens is 435 g/mol. The van der Waals surface area contributed by atoms with Crippen molar-refractivity contribution in [3.63, 3.8) is 0 Å². The molecule has 0 aliphatic rings. The van der Waals surface area contributed by atoms with Crippen molar-refractivity contribution in [1.29, 1.82) is 0 Å². The molecular formula is C13H20BrN4O7P. The fourth-order valence-corrected chi connectivity index (χ4v) is 2.05. The highest BCUT2D eigenvalue weighted by molar-refractivity contribution is 8.93. The third kappa shape index (κ3) is 7.58. The first-order chi connectivity index (χ1) is 11.8. The number of aromatic amines is 2. The van der Waals surface area contributed by atoms with Crippen LogP contribution in [-0.2, 0) is 11.1 Å². The number of nitro groups is 1. The van der Waals surface area contributed by atoms with Gasteiger partial charge in [-0.2, -0.15) is 0 Å². The molecule has 0 spiro atoms. The molecule has 0 saturated heterocycles. The third-order valence-corrected chi connectivity index (χ3v) is 3.13. The maximum absolute atomic E-state index is 11.4. The van der Waals surface area contributed by atoms with Crippen molar-refractivity contribution < 1.29 is 19.3 Å². The zero-order valence-electron chi connectivity index (χ0n) is 13.8. The Kier molecular flexibility index (Phi) is 10.9. The predicted octanol–water partition coefficient (Wildman–Crippen LogP) is 0.953. The van der Waals surface area contributed by atoms with E-state index in [0.29, 0.717) is 17.6 Å². The van der Waals surface area contributed by atoms with E-state index in [1.54, 1.807) is 0 Å². The molecule has 0 aliphatic heterocycles. The summed E-state index contributed by atoms with van der Waals surface area (Å²) < 4.78 is 8.74. The van der Waals surface area contributed by atoms with Crippen LogP contribution in [0.1, 0.15) is 25.3 Å². The zero-order valence-corrected chi connectivity index (χ0v) is 16.5. The molecule has 0 saturated carbocycles. The van der Waals surface area contributed by atoms with Crippen molar-refractivity contribution >= 4 is 42.0 Å². The molecule has 0 atom stereocenters. The van der Waals surface area contributed by atoms with Gasteiger partial charge >= 0.3 is 19.4 Å². The van der Waals surface area contributed by atoms with E-state index in [2.05, 4.69) is 22.2 Å². The Morgan fingerprint density at radius 2 is 1.81 bits per heavy atom. The first-order valence-electron chi connectivity index (χ1n) is 7.32. The van der Waals surface area contributed by atoms with Gasteiger partial charge < -0.3 is 25.1 Å². The minimum Gasteiger partial charge on any atom is -0.326 e. The predicted molar refractivity (Wildman–Crippen MR) is 102 cm³/mol. The smallest absolute Gasteiger partial charge is 0.314 e. The van der Waals surface area contributed by atoms with Gasteiger partial charge in [-0.15, -0.1) is 17.0 Å². The molecule has 1 heterocycles. The van der Waals surface area contributed by atoms with E-state index in [1.165, 1.54) is 12.1 Å². The number of benzene rings is 1. The third-order valence-electron chi connectivity index (χ3n) is 3.13. The van der Waals surface area contributed by atoms with Gasteiger partial charge in [-0.25, -0.2) is 0 Å². The van der Waals surface area contributed by atoms with Gasteiger partial charge in [-0.1, -0.05) is 13.3 Å². The maximum atomic E-state index is 11.4. The second-order valence-electron chi connectivity index (χ2n) is 5.01. The number of hydrogen-bond donors (Lipinski definition) is 5. The second-order valence-corrected chi connectivity index (χ2v) is 5.57. The van der Waals surface area contributed by atoms with Crippen LogP contribution in [0, 0.1) is 10.1 Å². The lowest BCUT2D eigenvalue weighted by Crippen LogP contribution is -2.29. The van der Waals surface area contributed by atoms with E-state index >= 15 is 0 Å². The van der Waals surface area contributed by atoms with Gasteiger partial charge in [0.15, 0.2) is 0 Å². The Morgan fingerprint density at radius 3 is 2.35 bits per heavy atom. The van der Waals surface area contributed by atoms with E-state index in [0.717, 1.165) is 19.4 Å². The molecule has 0 amide bonds. The van der Waals surface area contributed by atoms with E-state index in [-0.39, 0.29) is 28.2 Å². The van der Waals surface area contributed by atoms with Crippen LogP contribution < -0.4 is 16.4 Å². The number of unbranched alkanes of at least 4 members (excludes halogenated alkanes) is 1. The number of aromatic nitrogens is 2. The number of nitrogens with one attached hydrogen (secondary N) is 3. The van der Waals surface area contributed by atoms with Gasteiger partial charge in [0.1, 0.15) is 0 Å². The van der Waals surface area contributed by atoms with Crippen molar-refractivity contribution in [2.45, 2.75) is 26.3 Å². The number of fused-ring (bicyclic) bond motifs is 1. The summed E-state index contributed by atoms with van der Waals surface area (Å²) in [6, 6.07) is 2.64. The van der Waals surface area contributed by atoms with E-state index < -0.39 is 24.3 Å². The van der Waals surface area contributed by atoms with Gasteiger partial charge in [0, 0.05) is 18.7 Å². The number of rotatable bonds is 6. The molecule has 0 aliphatic carbocycles. The van der Waals surface area contributed by atoms with Gasteiger partial charge in [0.05, 0.1) is 16.0 Å². The summed E-state index contributed by atoms with van der Waals surface area (Å²) in [5.74, 6) is 0. The van der Waals surface area contributed by atoms with Crippen LogP contribution in [0.5, 0.6) is 0 Å². The molecule has 0 bridgehead atoms. The summed E-state index contributed by atoms with van der Waals surface area (Å²) in [7, 11) is -3.13. The van der Waals surface area contributed by atoms with Crippen molar-refractivity contribution in [2.24, 2.45) is 0 Å². The molecule has 2 aromatic rings. The van der Waals surface area contributed by atoms with E-state index in [9.17, 15) is 19.7 Å². The fourth-order valence-electron chi connectivity index (χ4n) is 2.05. The Hall–Kier alpha value is -1.85. The molecule has 5 N–H and O–H groups in total. The summed E-state index contributed by atoms with van der Waals surface area (Å²) in [5, 5.41) is 14.1. The molecule has 0 radical (unpaired) electrons. The quantitative estimate of drug-likeness (QED) is 0.140. The number of halogens is 1. The highest BCUT2D eigenvalue weighted by Gasteiger charge is 2.13. The molecule has 13 heteroatoms. The van der Waals surface area contributed by atoms with Crippen molar-refractivity contribution in [1.82, 2.24) is 15.3 Å². The number of hydrogen-bond acceptors (Lipinski definition) is 6. The fraction of sp³-hybridized carbons (Fsp3) is 0.385. The molecule has 2 rings (SSSR count). The summed E-state index contributed by atoms with van der Waals surface area (Å²) in [4.78, 5) is 52.3. The zero-order chi connectivity index (χ0) is 19.0. The van der Waals surface area contributed by atoms with E-state index in [1.807, 2.05) is 0 Å². The van der Waals surface area contributed by atoms with E-state index in [4.69, 9.17) is 14.4 Å². The van der Waals surface area contributed by atoms with Gasteiger partial charge in [0.2, 0.25) is 0 Å². The molecule has 0 fully saturated rings. The monoisotopic (exact) mass is 454 g/mol. The second kappa shape index (κ2) is 11.7. The number of non-ortho nitro benzene ring substituents is 1. The minimum absolute atomic E-state index is 0. The SMILES string of the molecule is Br.CCCCNCc1cc([N+](=O)[O-])cc2[nH]c(=O)c(=O)[nH]c12.O=[PH](O)O. The largest absolute Gasteiger partial charge is 0.326 e. The maximum Gasteiger partial charge on any atom is 0.314 e. The van der Waals surface area contributed by atoms with Crippen LogP contribution in [0.15, 0.2) is 21.7 Å². The van der Waals surface area contributed by atoms with Crippen LogP contribution in [0.3, 0.4) is 0 Å². The molecule has 146 valence electrons. The molecule has 1 aromatic heterocycles. The van der Waals surface area contributed by atoms with Crippen molar-refractivity contribution in [2.75, 3.05) is 6.54 Å².